The van der Waals surface area contributed by atoms with Gasteiger partial charge < -0.3 is 15.7 Å². The number of amides is 1. The summed E-state index contributed by atoms with van der Waals surface area (Å²) in [5.41, 5.74) is 3.86. The predicted octanol–water partition coefficient (Wildman–Crippen LogP) is 3.59. The molecule has 2 heterocycles. The Kier molecular flexibility index (Phi) is 7.04. The summed E-state index contributed by atoms with van der Waals surface area (Å²) in [7, 11) is -3.02. The summed E-state index contributed by atoms with van der Waals surface area (Å²) in [5.74, 6) is 6.80. The van der Waals surface area contributed by atoms with E-state index in [1.807, 2.05) is 37.3 Å². The van der Waals surface area contributed by atoms with Crippen molar-refractivity contribution in [3.05, 3.63) is 70.9 Å². The van der Waals surface area contributed by atoms with Gasteiger partial charge in [-0.15, -0.1) is 0 Å². The third-order valence-corrected chi connectivity index (χ3v) is 8.75. The van der Waals surface area contributed by atoms with Crippen LogP contribution in [0.1, 0.15) is 52.7 Å². The van der Waals surface area contributed by atoms with Crippen LogP contribution in [-0.2, 0) is 16.4 Å². The zero-order chi connectivity index (χ0) is 26.0. The van der Waals surface area contributed by atoms with Crippen LogP contribution in [0, 0.1) is 24.7 Å². The number of anilines is 1. The SMILES string of the molecule is Cc1c(NC(=O)c2ccc(C#CC3CC3)cc2)ccc2cc(CNCC3(O)CCS(=O)(=O)CC3)cnc12. The summed E-state index contributed by atoms with van der Waals surface area (Å²) in [6, 6.07) is 13.2. The highest BCUT2D eigenvalue weighted by atomic mass is 32.2. The van der Waals surface area contributed by atoms with Crippen LogP contribution < -0.4 is 10.6 Å². The Morgan fingerprint density at radius 3 is 2.57 bits per heavy atom. The van der Waals surface area contributed by atoms with Gasteiger partial charge in [0.05, 0.1) is 22.6 Å². The monoisotopic (exact) mass is 517 g/mol. The Bertz CT molecular complexity index is 1490. The number of hydrogen-bond donors (Lipinski definition) is 3. The molecule has 1 aromatic heterocycles. The van der Waals surface area contributed by atoms with E-state index < -0.39 is 15.4 Å². The van der Waals surface area contributed by atoms with E-state index in [2.05, 4.69) is 27.5 Å². The molecule has 1 saturated carbocycles. The number of rotatable bonds is 6. The highest BCUT2D eigenvalue weighted by Crippen LogP contribution is 2.28. The van der Waals surface area contributed by atoms with Crippen LogP contribution in [0.4, 0.5) is 5.69 Å². The molecule has 0 bridgehead atoms. The largest absolute Gasteiger partial charge is 0.388 e. The first-order chi connectivity index (χ1) is 17.7. The van der Waals surface area contributed by atoms with Crippen molar-refractivity contribution in [3.8, 4) is 11.8 Å². The first-order valence-corrected chi connectivity index (χ1v) is 14.5. The van der Waals surface area contributed by atoms with Crippen molar-refractivity contribution in [2.45, 2.75) is 44.8 Å². The van der Waals surface area contributed by atoms with E-state index in [-0.39, 0.29) is 30.3 Å². The molecule has 8 heteroatoms. The van der Waals surface area contributed by atoms with Crippen LogP contribution in [0.5, 0.6) is 0 Å². The molecule has 2 aromatic carbocycles. The Morgan fingerprint density at radius 2 is 1.86 bits per heavy atom. The topological polar surface area (TPSA) is 108 Å². The van der Waals surface area contributed by atoms with Gasteiger partial charge in [0.25, 0.3) is 5.91 Å². The van der Waals surface area contributed by atoms with E-state index in [0.717, 1.165) is 27.6 Å². The third kappa shape index (κ3) is 6.37. The van der Waals surface area contributed by atoms with Gasteiger partial charge in [0.15, 0.2) is 9.84 Å². The number of aromatic nitrogens is 1. The number of aryl methyl sites for hydroxylation is 1. The average Bonchev–Trinajstić information content (AvgIpc) is 3.72. The normalized spacial score (nSPS) is 18.1. The average molecular weight is 518 g/mol. The summed E-state index contributed by atoms with van der Waals surface area (Å²) in [6.07, 6.45) is 4.66. The smallest absolute Gasteiger partial charge is 0.255 e. The number of carbonyl (C=O) groups is 1. The molecule has 1 saturated heterocycles. The summed E-state index contributed by atoms with van der Waals surface area (Å²) < 4.78 is 23.3. The fraction of sp³-hybridized carbons (Fsp3) is 0.379. The van der Waals surface area contributed by atoms with E-state index in [0.29, 0.717) is 30.3 Å². The molecule has 1 aliphatic carbocycles. The highest BCUT2D eigenvalue weighted by molar-refractivity contribution is 7.91. The van der Waals surface area contributed by atoms with Crippen LogP contribution in [0.15, 0.2) is 48.7 Å². The van der Waals surface area contributed by atoms with Crippen molar-refractivity contribution in [2.75, 3.05) is 23.4 Å². The maximum Gasteiger partial charge on any atom is 0.255 e. The number of fused-ring (bicyclic) bond motifs is 1. The number of aliphatic hydroxyl groups is 1. The molecule has 5 rings (SSSR count). The van der Waals surface area contributed by atoms with Gasteiger partial charge in [-0.05, 0) is 80.1 Å². The Morgan fingerprint density at radius 1 is 1.14 bits per heavy atom. The molecule has 0 spiro atoms. The summed E-state index contributed by atoms with van der Waals surface area (Å²) in [5, 5.41) is 17.8. The number of nitrogens with one attached hydrogen (secondary N) is 2. The van der Waals surface area contributed by atoms with Crippen molar-refractivity contribution < 1.29 is 18.3 Å². The van der Waals surface area contributed by atoms with E-state index >= 15 is 0 Å². The summed E-state index contributed by atoms with van der Waals surface area (Å²) in [6.45, 7) is 2.78. The molecule has 192 valence electrons. The van der Waals surface area contributed by atoms with Gasteiger partial charge in [-0.2, -0.15) is 0 Å². The summed E-state index contributed by atoms with van der Waals surface area (Å²) in [4.78, 5) is 17.5. The van der Waals surface area contributed by atoms with Gasteiger partial charge in [-0.3, -0.25) is 9.78 Å². The van der Waals surface area contributed by atoms with Crippen LogP contribution >= 0.6 is 0 Å². The molecule has 3 N–H and O–H groups in total. The van der Waals surface area contributed by atoms with Crippen LogP contribution in [0.3, 0.4) is 0 Å². The van der Waals surface area contributed by atoms with Gasteiger partial charge in [0.2, 0.25) is 0 Å². The lowest BCUT2D eigenvalue weighted by Gasteiger charge is -2.32. The summed E-state index contributed by atoms with van der Waals surface area (Å²) >= 11 is 0. The molecular weight excluding hydrogens is 486 g/mol. The zero-order valence-corrected chi connectivity index (χ0v) is 21.7. The minimum Gasteiger partial charge on any atom is -0.388 e. The number of pyridine rings is 1. The molecular formula is C29H31N3O4S. The van der Waals surface area contributed by atoms with Gasteiger partial charge in [-0.25, -0.2) is 8.42 Å². The van der Waals surface area contributed by atoms with E-state index in [1.54, 1.807) is 18.3 Å². The van der Waals surface area contributed by atoms with E-state index in [4.69, 9.17) is 0 Å². The molecule has 0 atom stereocenters. The molecule has 7 nitrogen and oxygen atoms in total. The Balaban J connectivity index is 1.21. The molecule has 3 aromatic rings. The second-order valence-electron chi connectivity index (χ2n) is 10.2. The second-order valence-corrected chi connectivity index (χ2v) is 12.5. The fourth-order valence-corrected chi connectivity index (χ4v) is 6.06. The Hall–Kier alpha value is -3.25. The van der Waals surface area contributed by atoms with Crippen molar-refractivity contribution >= 4 is 32.3 Å². The number of carbonyl (C=O) groups excluding carboxylic acids is 1. The van der Waals surface area contributed by atoms with Crippen molar-refractivity contribution in [2.24, 2.45) is 5.92 Å². The van der Waals surface area contributed by atoms with Crippen LogP contribution in [0.2, 0.25) is 0 Å². The van der Waals surface area contributed by atoms with Crippen molar-refractivity contribution in [3.63, 3.8) is 0 Å². The predicted molar refractivity (Wildman–Crippen MR) is 145 cm³/mol. The van der Waals surface area contributed by atoms with Crippen molar-refractivity contribution in [1.82, 2.24) is 10.3 Å². The van der Waals surface area contributed by atoms with Crippen LogP contribution in [-0.4, -0.2) is 48.1 Å². The Labute approximate surface area is 217 Å². The second kappa shape index (κ2) is 10.3. The van der Waals surface area contributed by atoms with E-state index in [9.17, 15) is 18.3 Å². The number of sulfone groups is 1. The maximum atomic E-state index is 12.8. The minimum absolute atomic E-state index is 0.0290. The molecule has 1 amide bonds. The van der Waals surface area contributed by atoms with Crippen molar-refractivity contribution in [1.29, 1.82) is 0 Å². The van der Waals surface area contributed by atoms with Gasteiger partial charge in [-0.1, -0.05) is 17.9 Å². The molecule has 0 unspecified atom stereocenters. The van der Waals surface area contributed by atoms with Gasteiger partial charge in [0, 0.05) is 47.4 Å². The molecule has 2 fully saturated rings. The maximum absolute atomic E-state index is 12.8. The molecule has 0 radical (unpaired) electrons. The van der Waals surface area contributed by atoms with Gasteiger partial charge >= 0.3 is 0 Å². The fourth-order valence-electron chi connectivity index (χ4n) is 4.47. The van der Waals surface area contributed by atoms with E-state index in [1.165, 1.54) is 12.8 Å². The lowest BCUT2D eigenvalue weighted by molar-refractivity contribution is 0.0303. The number of hydrogen-bond acceptors (Lipinski definition) is 6. The first-order valence-electron chi connectivity index (χ1n) is 12.6. The van der Waals surface area contributed by atoms with Crippen LogP contribution in [0.25, 0.3) is 10.9 Å². The first kappa shape index (κ1) is 25.4. The third-order valence-electron chi connectivity index (χ3n) is 7.10. The highest BCUT2D eigenvalue weighted by Gasteiger charge is 2.34. The minimum atomic E-state index is -3.02. The quantitative estimate of drug-likeness (QED) is 0.432. The lowest BCUT2D eigenvalue weighted by atomic mass is 9.97. The molecule has 1 aliphatic heterocycles. The molecule has 2 aliphatic rings. The number of benzene rings is 2. The number of nitrogens with zero attached hydrogens (tertiary/aromatic N) is 1. The molecule has 37 heavy (non-hydrogen) atoms. The van der Waals surface area contributed by atoms with Gasteiger partial charge in [0.1, 0.15) is 0 Å². The zero-order valence-electron chi connectivity index (χ0n) is 20.9. The lowest BCUT2D eigenvalue weighted by Crippen LogP contribution is -2.46. The standard InChI is InChI=1S/C29H31N3O4S/c1-20-26(32-28(33)24-8-6-22(7-9-24)5-4-21-2-3-21)11-10-25-16-23(18-31-27(20)25)17-30-19-29(34)12-14-37(35,36)15-13-29/h6-11,16,18,21,30,34H,2-3,12-15,17,19H2,1H3,(H,32,33).